The predicted molar refractivity (Wildman–Crippen MR) is 78.6 cm³/mol. The minimum atomic E-state index is -3.20. The molecule has 0 amide bonds. The monoisotopic (exact) mass is 293 g/mol. The van der Waals surface area contributed by atoms with Crippen LogP contribution in [0.15, 0.2) is 4.99 Å². The maximum atomic E-state index is 11.2. The molecule has 1 fully saturated rings. The Bertz CT molecular complexity index is 416. The van der Waals surface area contributed by atoms with Crippen LogP contribution in [0.5, 0.6) is 0 Å². The third-order valence-corrected chi connectivity index (χ3v) is 4.56. The first kappa shape index (κ1) is 15.8. The number of thioether (sulfide) groups is 1. The van der Waals surface area contributed by atoms with Crippen LogP contribution in [0.3, 0.4) is 0 Å². The molecule has 1 heterocycles. The average Bonchev–Trinajstić information content (AvgIpc) is 2.59. The van der Waals surface area contributed by atoms with Crippen molar-refractivity contribution < 1.29 is 8.42 Å². The molecular formula is C11H23N3O2S2. The summed E-state index contributed by atoms with van der Waals surface area (Å²) in [6.07, 6.45) is 1.17. The van der Waals surface area contributed by atoms with Crippen molar-refractivity contribution in [1.82, 2.24) is 10.0 Å². The van der Waals surface area contributed by atoms with Crippen molar-refractivity contribution in [2.45, 2.75) is 39.3 Å². The molecular weight excluding hydrogens is 270 g/mol. The molecule has 2 N–H and O–H groups in total. The average molecular weight is 293 g/mol. The van der Waals surface area contributed by atoms with Gasteiger partial charge in [-0.25, -0.2) is 13.1 Å². The SMILES string of the molecule is CC(C)C1CSC(=NCC(C)(C)NS(C)(=O)=O)N1. The fourth-order valence-corrected chi connectivity index (χ4v) is 3.93. The van der Waals surface area contributed by atoms with Gasteiger partial charge in [0.05, 0.1) is 12.8 Å². The van der Waals surface area contributed by atoms with Crippen molar-refractivity contribution in [2.24, 2.45) is 10.9 Å². The second-order valence-electron chi connectivity index (χ2n) is 5.69. The molecule has 106 valence electrons. The highest BCUT2D eigenvalue weighted by molar-refractivity contribution is 8.14. The number of sulfonamides is 1. The zero-order valence-corrected chi connectivity index (χ0v) is 13.3. The van der Waals surface area contributed by atoms with E-state index in [1.165, 1.54) is 6.26 Å². The van der Waals surface area contributed by atoms with E-state index < -0.39 is 15.6 Å². The summed E-state index contributed by atoms with van der Waals surface area (Å²) in [4.78, 5) is 4.45. The van der Waals surface area contributed by atoms with E-state index in [0.29, 0.717) is 18.5 Å². The lowest BCUT2D eigenvalue weighted by Gasteiger charge is -2.23. The maximum absolute atomic E-state index is 11.2. The van der Waals surface area contributed by atoms with E-state index in [0.717, 1.165) is 10.9 Å². The normalized spacial score (nSPS) is 23.7. The van der Waals surface area contributed by atoms with Crippen molar-refractivity contribution in [3.63, 3.8) is 0 Å². The Morgan fingerprint density at radius 2 is 2.17 bits per heavy atom. The highest BCUT2D eigenvalue weighted by atomic mass is 32.2. The van der Waals surface area contributed by atoms with Gasteiger partial charge in [0.2, 0.25) is 10.0 Å². The zero-order valence-electron chi connectivity index (χ0n) is 11.6. The van der Waals surface area contributed by atoms with E-state index in [2.05, 4.69) is 28.9 Å². The third-order valence-electron chi connectivity index (χ3n) is 2.59. The van der Waals surface area contributed by atoms with Gasteiger partial charge in [0.1, 0.15) is 0 Å². The van der Waals surface area contributed by atoms with E-state index in [4.69, 9.17) is 0 Å². The fourth-order valence-electron chi connectivity index (χ4n) is 1.66. The summed E-state index contributed by atoms with van der Waals surface area (Å²) in [6.45, 7) is 8.45. The van der Waals surface area contributed by atoms with E-state index in [1.807, 2.05) is 13.8 Å². The van der Waals surface area contributed by atoms with Gasteiger partial charge in [-0.2, -0.15) is 0 Å². The molecule has 0 aromatic carbocycles. The molecule has 0 bridgehead atoms. The lowest BCUT2D eigenvalue weighted by molar-refractivity contribution is 0.464. The first-order chi connectivity index (χ1) is 8.09. The number of nitrogens with zero attached hydrogens (tertiary/aromatic N) is 1. The van der Waals surface area contributed by atoms with E-state index in [1.54, 1.807) is 11.8 Å². The number of hydrogen-bond acceptors (Lipinski definition) is 4. The number of aliphatic imine (C=N–C) groups is 1. The Kier molecular flexibility index (Phi) is 5.08. The molecule has 18 heavy (non-hydrogen) atoms. The fraction of sp³-hybridized carbons (Fsp3) is 0.909. The van der Waals surface area contributed by atoms with Crippen LogP contribution in [-0.4, -0.2) is 43.7 Å². The minimum absolute atomic E-state index is 0.431. The Hall–Kier alpha value is -0.270. The third kappa shape index (κ3) is 5.58. The smallest absolute Gasteiger partial charge is 0.209 e. The molecule has 0 spiro atoms. The predicted octanol–water partition coefficient (Wildman–Crippen LogP) is 1.03. The Labute approximate surface area is 114 Å². The van der Waals surface area contributed by atoms with Crippen molar-refractivity contribution in [3.8, 4) is 0 Å². The van der Waals surface area contributed by atoms with E-state index >= 15 is 0 Å². The first-order valence-electron chi connectivity index (χ1n) is 6.02. The van der Waals surface area contributed by atoms with Gasteiger partial charge in [-0.05, 0) is 19.8 Å². The van der Waals surface area contributed by atoms with Gasteiger partial charge in [-0.15, -0.1) is 0 Å². The molecule has 1 saturated heterocycles. The van der Waals surface area contributed by atoms with E-state index in [-0.39, 0.29) is 0 Å². The molecule has 5 nitrogen and oxygen atoms in total. The molecule has 1 aliphatic rings. The first-order valence-corrected chi connectivity index (χ1v) is 8.89. The van der Waals surface area contributed by atoms with Gasteiger partial charge in [-0.1, -0.05) is 25.6 Å². The lowest BCUT2D eigenvalue weighted by Crippen LogP contribution is -2.45. The zero-order chi connectivity index (χ0) is 14.0. The molecule has 7 heteroatoms. The van der Waals surface area contributed by atoms with Gasteiger partial charge in [-0.3, -0.25) is 4.99 Å². The van der Waals surface area contributed by atoms with Gasteiger partial charge < -0.3 is 5.32 Å². The van der Waals surface area contributed by atoms with Crippen molar-refractivity contribution in [1.29, 1.82) is 0 Å². The molecule has 1 rings (SSSR count). The van der Waals surface area contributed by atoms with Crippen molar-refractivity contribution in [3.05, 3.63) is 0 Å². The van der Waals surface area contributed by atoms with Crippen LogP contribution < -0.4 is 10.0 Å². The largest absolute Gasteiger partial charge is 0.361 e. The Balaban J connectivity index is 2.54. The van der Waals surface area contributed by atoms with Crippen molar-refractivity contribution in [2.75, 3.05) is 18.6 Å². The number of amidine groups is 1. The molecule has 1 aliphatic heterocycles. The van der Waals surface area contributed by atoms with Crippen LogP contribution in [0.1, 0.15) is 27.7 Å². The summed E-state index contributed by atoms with van der Waals surface area (Å²) in [6, 6.07) is 0.458. The van der Waals surface area contributed by atoms with Gasteiger partial charge in [0.15, 0.2) is 5.17 Å². The standard InChI is InChI=1S/C11H23N3O2S2/c1-8(2)9-6-17-10(13-9)12-7-11(3,4)14-18(5,15)16/h8-9,14H,6-7H2,1-5H3,(H,12,13). The second kappa shape index (κ2) is 5.79. The van der Waals surface area contributed by atoms with Crippen LogP contribution in [0, 0.1) is 5.92 Å². The summed E-state index contributed by atoms with van der Waals surface area (Å²) in [7, 11) is -3.20. The quantitative estimate of drug-likeness (QED) is 0.794. The molecule has 0 aliphatic carbocycles. The molecule has 0 radical (unpaired) electrons. The van der Waals surface area contributed by atoms with Crippen LogP contribution in [0.2, 0.25) is 0 Å². The summed E-state index contributed by atoms with van der Waals surface area (Å²) < 4.78 is 25.0. The van der Waals surface area contributed by atoms with Crippen molar-refractivity contribution >= 4 is 27.0 Å². The number of nitrogens with one attached hydrogen (secondary N) is 2. The second-order valence-corrected chi connectivity index (χ2v) is 8.44. The van der Waals surface area contributed by atoms with Crippen LogP contribution in [-0.2, 0) is 10.0 Å². The highest BCUT2D eigenvalue weighted by Gasteiger charge is 2.25. The molecule has 1 unspecified atom stereocenters. The molecule has 0 aromatic heterocycles. The maximum Gasteiger partial charge on any atom is 0.209 e. The lowest BCUT2D eigenvalue weighted by atomic mass is 10.1. The minimum Gasteiger partial charge on any atom is -0.361 e. The highest BCUT2D eigenvalue weighted by Crippen LogP contribution is 2.19. The van der Waals surface area contributed by atoms with E-state index in [9.17, 15) is 8.42 Å². The Morgan fingerprint density at radius 3 is 2.61 bits per heavy atom. The van der Waals surface area contributed by atoms with Gasteiger partial charge >= 0.3 is 0 Å². The summed E-state index contributed by atoms with van der Waals surface area (Å²) in [5.41, 5.74) is -0.557. The molecule has 0 aromatic rings. The van der Waals surface area contributed by atoms with Gasteiger partial charge in [0.25, 0.3) is 0 Å². The van der Waals surface area contributed by atoms with Crippen LogP contribution >= 0.6 is 11.8 Å². The summed E-state index contributed by atoms with van der Waals surface area (Å²) in [5, 5.41) is 4.28. The molecule has 1 atom stereocenters. The van der Waals surface area contributed by atoms with Crippen LogP contribution in [0.25, 0.3) is 0 Å². The number of rotatable bonds is 5. The topological polar surface area (TPSA) is 70.6 Å². The number of hydrogen-bond donors (Lipinski definition) is 2. The Morgan fingerprint density at radius 1 is 1.56 bits per heavy atom. The summed E-state index contributed by atoms with van der Waals surface area (Å²) in [5.74, 6) is 1.60. The van der Waals surface area contributed by atoms with Crippen LogP contribution in [0.4, 0.5) is 0 Å². The van der Waals surface area contributed by atoms with Gasteiger partial charge in [0, 0.05) is 17.3 Å². The summed E-state index contributed by atoms with van der Waals surface area (Å²) >= 11 is 1.70. The molecule has 0 saturated carbocycles.